The monoisotopic (exact) mass is 321 g/mol. The third-order valence-electron chi connectivity index (χ3n) is 4.64. The first-order valence-electron chi connectivity index (χ1n) is 8.24. The zero-order valence-corrected chi connectivity index (χ0v) is 14.6. The summed E-state index contributed by atoms with van der Waals surface area (Å²) >= 11 is 0. The number of carbonyl (C=O) groups is 1. The molecule has 0 fully saturated rings. The van der Waals surface area contributed by atoms with Crippen LogP contribution in [0.15, 0.2) is 42.6 Å². The van der Waals surface area contributed by atoms with Crippen LogP contribution in [0, 0.1) is 13.8 Å². The molecule has 0 saturated heterocycles. The topological polar surface area (TPSA) is 48.1 Å². The van der Waals surface area contributed by atoms with Gasteiger partial charge in [-0.15, -0.1) is 0 Å². The van der Waals surface area contributed by atoms with Crippen LogP contribution in [0.2, 0.25) is 0 Å². The number of hydrogen-bond donors (Lipinski definition) is 2. The molecule has 4 nitrogen and oxygen atoms in total. The average molecular weight is 321 g/mol. The maximum atomic E-state index is 13.2. The molecule has 124 valence electrons. The van der Waals surface area contributed by atoms with E-state index in [0.717, 1.165) is 27.8 Å². The highest BCUT2D eigenvalue weighted by Crippen LogP contribution is 2.30. The first-order chi connectivity index (χ1) is 11.6. The number of H-pyrrole nitrogens is 1. The van der Waals surface area contributed by atoms with Crippen molar-refractivity contribution in [3.8, 4) is 0 Å². The fraction of sp³-hybridized carbons (Fsp3) is 0.250. The van der Waals surface area contributed by atoms with Gasteiger partial charge in [0.1, 0.15) is 0 Å². The van der Waals surface area contributed by atoms with Gasteiger partial charge in [-0.25, -0.2) is 0 Å². The number of aromatic nitrogens is 1. The summed E-state index contributed by atoms with van der Waals surface area (Å²) < 4.78 is 0. The molecule has 1 heterocycles. The molecule has 3 aromatic rings. The third-order valence-corrected chi connectivity index (χ3v) is 4.64. The smallest absolute Gasteiger partial charge is 0.260 e. The summed E-state index contributed by atoms with van der Waals surface area (Å²) in [4.78, 5) is 18.3. The van der Waals surface area contributed by atoms with Crippen molar-refractivity contribution in [1.82, 2.24) is 4.98 Å². The molecule has 4 heteroatoms. The molecule has 0 radical (unpaired) electrons. The van der Waals surface area contributed by atoms with Gasteiger partial charge in [-0.3, -0.25) is 4.79 Å². The molecule has 2 N–H and O–H groups in total. The van der Waals surface area contributed by atoms with E-state index in [1.54, 1.807) is 0 Å². The van der Waals surface area contributed by atoms with Gasteiger partial charge in [0.15, 0.2) is 0 Å². The zero-order chi connectivity index (χ0) is 17.3. The van der Waals surface area contributed by atoms with Crippen molar-refractivity contribution >= 4 is 28.2 Å². The number of nitrogens with one attached hydrogen (secondary N) is 2. The summed E-state index contributed by atoms with van der Waals surface area (Å²) in [6, 6.07) is 12.0. The van der Waals surface area contributed by atoms with Crippen molar-refractivity contribution in [2.75, 3.05) is 23.8 Å². The molecule has 0 spiro atoms. The minimum Gasteiger partial charge on any atom is -0.387 e. The molecule has 2 aromatic carbocycles. The minimum absolute atomic E-state index is 0.00898. The van der Waals surface area contributed by atoms with E-state index < -0.39 is 0 Å². The van der Waals surface area contributed by atoms with Gasteiger partial charge in [0, 0.05) is 36.4 Å². The number of para-hydroxylation sites is 1. The molecule has 0 saturated carbocycles. The Morgan fingerprint density at radius 3 is 2.62 bits per heavy atom. The lowest BCUT2D eigenvalue weighted by Gasteiger charge is -2.23. The molecular formula is C20H23N3O. The van der Waals surface area contributed by atoms with Gasteiger partial charge in [-0.2, -0.15) is 0 Å². The summed E-state index contributed by atoms with van der Waals surface area (Å²) in [7, 11) is 1.86. The number of hydrogen-bond acceptors (Lipinski definition) is 2. The molecule has 0 aliphatic carbocycles. The van der Waals surface area contributed by atoms with Crippen LogP contribution in [0.4, 0.5) is 11.4 Å². The maximum Gasteiger partial charge on any atom is 0.260 e. The fourth-order valence-electron chi connectivity index (χ4n) is 3.16. The van der Waals surface area contributed by atoms with Crippen LogP contribution in [-0.2, 0) is 0 Å². The molecule has 0 aliphatic rings. The number of aryl methyl sites for hydroxylation is 1. The van der Waals surface area contributed by atoms with Crippen molar-refractivity contribution in [2.24, 2.45) is 0 Å². The van der Waals surface area contributed by atoms with Crippen LogP contribution >= 0.6 is 0 Å². The molecule has 1 aromatic heterocycles. The van der Waals surface area contributed by atoms with Crippen LogP contribution in [-0.4, -0.2) is 24.5 Å². The van der Waals surface area contributed by atoms with Crippen molar-refractivity contribution in [1.29, 1.82) is 0 Å². The Morgan fingerprint density at radius 1 is 1.17 bits per heavy atom. The Bertz CT molecular complexity index is 895. The molecule has 0 aliphatic heterocycles. The van der Waals surface area contributed by atoms with Gasteiger partial charge >= 0.3 is 0 Å². The zero-order valence-electron chi connectivity index (χ0n) is 14.6. The van der Waals surface area contributed by atoms with Crippen LogP contribution in [0.1, 0.15) is 28.4 Å². The van der Waals surface area contributed by atoms with Gasteiger partial charge in [0.2, 0.25) is 0 Å². The van der Waals surface area contributed by atoms with Crippen LogP contribution < -0.4 is 10.2 Å². The number of carbonyl (C=O) groups excluding carboxylic acids is 1. The minimum atomic E-state index is 0.00898. The average Bonchev–Trinajstić information content (AvgIpc) is 3.02. The molecule has 0 bridgehead atoms. The van der Waals surface area contributed by atoms with Gasteiger partial charge in [-0.05, 0) is 44.0 Å². The fourth-order valence-corrected chi connectivity index (χ4v) is 3.16. The van der Waals surface area contributed by atoms with E-state index in [0.29, 0.717) is 12.1 Å². The summed E-state index contributed by atoms with van der Waals surface area (Å²) in [6.07, 6.45) is 1.91. The molecular weight excluding hydrogens is 298 g/mol. The lowest BCUT2D eigenvalue weighted by atomic mass is 10.0. The predicted octanol–water partition coefficient (Wildman–Crippen LogP) is 4.49. The lowest BCUT2D eigenvalue weighted by molar-refractivity contribution is 0.0989. The standard InChI is InChI=1S/C20H23N3O/c1-5-23(18-12-22-17-9-7-6-8-15(17)18)20(24)16-11-10-13(2)14(3)19(16)21-4/h6-12,21-22H,5H2,1-4H3. The number of amides is 1. The third kappa shape index (κ3) is 2.54. The van der Waals surface area contributed by atoms with Crippen molar-refractivity contribution in [2.45, 2.75) is 20.8 Å². The second-order valence-electron chi connectivity index (χ2n) is 5.95. The van der Waals surface area contributed by atoms with E-state index in [1.165, 1.54) is 5.56 Å². The molecule has 3 rings (SSSR count). The normalized spacial score (nSPS) is 10.8. The number of benzene rings is 2. The van der Waals surface area contributed by atoms with Gasteiger partial charge in [-0.1, -0.05) is 24.3 Å². The summed E-state index contributed by atoms with van der Waals surface area (Å²) in [5.74, 6) is 0.00898. The first kappa shape index (κ1) is 16.1. The quantitative estimate of drug-likeness (QED) is 0.743. The highest BCUT2D eigenvalue weighted by Gasteiger charge is 2.22. The largest absolute Gasteiger partial charge is 0.387 e. The van der Waals surface area contributed by atoms with Crippen LogP contribution in [0.25, 0.3) is 10.9 Å². The van der Waals surface area contributed by atoms with Crippen LogP contribution in [0.5, 0.6) is 0 Å². The van der Waals surface area contributed by atoms with Crippen molar-refractivity contribution in [3.63, 3.8) is 0 Å². The van der Waals surface area contributed by atoms with Gasteiger partial charge in [0.05, 0.1) is 11.3 Å². The molecule has 0 atom stereocenters. The predicted molar refractivity (Wildman–Crippen MR) is 101 cm³/mol. The van der Waals surface area contributed by atoms with Crippen LogP contribution in [0.3, 0.4) is 0 Å². The second kappa shape index (κ2) is 6.40. The highest BCUT2D eigenvalue weighted by molar-refractivity contribution is 6.13. The molecule has 24 heavy (non-hydrogen) atoms. The summed E-state index contributed by atoms with van der Waals surface area (Å²) in [5.41, 5.74) is 5.83. The summed E-state index contributed by atoms with van der Waals surface area (Å²) in [6.45, 7) is 6.71. The SMILES string of the molecule is CCN(C(=O)c1ccc(C)c(C)c1NC)c1c[nH]c2ccccc12. The number of nitrogens with zero attached hydrogens (tertiary/aromatic N) is 1. The first-order valence-corrected chi connectivity index (χ1v) is 8.24. The highest BCUT2D eigenvalue weighted by atomic mass is 16.2. The Morgan fingerprint density at radius 2 is 1.92 bits per heavy atom. The van der Waals surface area contributed by atoms with Gasteiger partial charge < -0.3 is 15.2 Å². The Hall–Kier alpha value is -2.75. The van der Waals surface area contributed by atoms with Crippen molar-refractivity contribution in [3.05, 3.63) is 59.3 Å². The Labute approximate surface area is 142 Å². The Balaban J connectivity index is 2.09. The van der Waals surface area contributed by atoms with Gasteiger partial charge in [0.25, 0.3) is 5.91 Å². The maximum absolute atomic E-state index is 13.2. The van der Waals surface area contributed by atoms with E-state index in [9.17, 15) is 4.79 Å². The lowest BCUT2D eigenvalue weighted by Crippen LogP contribution is -2.31. The second-order valence-corrected chi connectivity index (χ2v) is 5.95. The van der Waals surface area contributed by atoms with Crippen molar-refractivity contribution < 1.29 is 4.79 Å². The number of rotatable bonds is 4. The number of aromatic amines is 1. The van der Waals surface area contributed by atoms with E-state index in [-0.39, 0.29) is 5.91 Å². The number of anilines is 2. The van der Waals surface area contributed by atoms with E-state index in [1.807, 2.05) is 68.4 Å². The summed E-state index contributed by atoms with van der Waals surface area (Å²) in [5, 5.41) is 4.25. The molecule has 0 unspecified atom stereocenters. The molecule has 1 amide bonds. The Kier molecular flexibility index (Phi) is 4.30. The van der Waals surface area contributed by atoms with E-state index in [4.69, 9.17) is 0 Å². The van der Waals surface area contributed by atoms with E-state index >= 15 is 0 Å². The van der Waals surface area contributed by atoms with E-state index in [2.05, 4.69) is 17.2 Å². The number of fused-ring (bicyclic) bond motifs is 1.